The maximum Gasteiger partial charge on any atom is 0.160 e. The van der Waals surface area contributed by atoms with E-state index < -0.39 is 0 Å². The predicted molar refractivity (Wildman–Crippen MR) is 85.4 cm³/mol. The molecule has 0 aromatic carbocycles. The molecular formula is C16H24N6. The summed E-state index contributed by atoms with van der Waals surface area (Å²) in [5.41, 5.74) is 2.26. The zero-order valence-electron chi connectivity index (χ0n) is 13.2. The van der Waals surface area contributed by atoms with Gasteiger partial charge in [-0.25, -0.2) is 4.98 Å². The fourth-order valence-electron chi connectivity index (χ4n) is 3.66. The van der Waals surface area contributed by atoms with Crippen LogP contribution >= 0.6 is 0 Å². The summed E-state index contributed by atoms with van der Waals surface area (Å²) in [5, 5.41) is 8.12. The van der Waals surface area contributed by atoms with Crippen molar-refractivity contribution in [3.05, 3.63) is 24.2 Å². The Morgan fingerprint density at radius 1 is 1.36 bits per heavy atom. The summed E-state index contributed by atoms with van der Waals surface area (Å²) in [6.45, 7) is 5.10. The average Bonchev–Trinajstić information content (AvgIpc) is 3.23. The molecular weight excluding hydrogens is 276 g/mol. The van der Waals surface area contributed by atoms with Gasteiger partial charge in [0.05, 0.1) is 12.2 Å². The van der Waals surface area contributed by atoms with Gasteiger partial charge in [0.25, 0.3) is 0 Å². The minimum Gasteiger partial charge on any atom is -0.330 e. The highest BCUT2D eigenvalue weighted by Gasteiger charge is 2.21. The van der Waals surface area contributed by atoms with E-state index in [4.69, 9.17) is 5.10 Å². The molecule has 0 aliphatic carbocycles. The Kier molecular flexibility index (Phi) is 3.72. The maximum absolute atomic E-state index is 4.73. The molecule has 4 rings (SSSR count). The van der Waals surface area contributed by atoms with E-state index in [0.29, 0.717) is 0 Å². The predicted octanol–water partition coefficient (Wildman–Crippen LogP) is 1.33. The minimum atomic E-state index is 0.717. The van der Waals surface area contributed by atoms with Crippen LogP contribution in [0, 0.1) is 0 Å². The Bertz CT molecular complexity index is 619. The van der Waals surface area contributed by atoms with Crippen molar-refractivity contribution in [1.29, 1.82) is 0 Å². The van der Waals surface area contributed by atoms with Crippen molar-refractivity contribution in [2.45, 2.75) is 44.9 Å². The van der Waals surface area contributed by atoms with E-state index in [1.54, 1.807) is 0 Å². The van der Waals surface area contributed by atoms with Gasteiger partial charge in [-0.2, -0.15) is 5.10 Å². The highest BCUT2D eigenvalue weighted by Crippen LogP contribution is 2.22. The van der Waals surface area contributed by atoms with Crippen molar-refractivity contribution in [3.63, 3.8) is 0 Å². The van der Waals surface area contributed by atoms with Crippen LogP contribution in [0.15, 0.2) is 18.5 Å². The molecule has 1 N–H and O–H groups in total. The molecule has 0 saturated carbocycles. The number of rotatable bonds is 4. The van der Waals surface area contributed by atoms with Crippen molar-refractivity contribution in [3.8, 4) is 11.5 Å². The number of aromatic nitrogens is 4. The van der Waals surface area contributed by atoms with Crippen LogP contribution in [0.1, 0.15) is 25.0 Å². The topological polar surface area (TPSA) is 50.9 Å². The lowest BCUT2D eigenvalue weighted by Gasteiger charge is -2.19. The van der Waals surface area contributed by atoms with Crippen LogP contribution in [0.25, 0.3) is 11.5 Å². The zero-order chi connectivity index (χ0) is 14.9. The standard InChI is InChI=1S/C16H24N6/c1-20-7-2-3-13(20)4-8-21-9-6-18-16(21)15-11-14-12-17-5-10-22(14)19-15/h6,9,11,13,17H,2-5,7-8,10,12H2,1H3. The SMILES string of the molecule is CN1CCCC1CCn1ccnc1-c1cc2n(n1)CCNC2. The summed E-state index contributed by atoms with van der Waals surface area (Å²) < 4.78 is 4.36. The van der Waals surface area contributed by atoms with E-state index in [2.05, 4.69) is 43.8 Å². The number of fused-ring (bicyclic) bond motifs is 1. The Labute approximate surface area is 131 Å². The first kappa shape index (κ1) is 14.0. The van der Waals surface area contributed by atoms with Gasteiger partial charge in [-0.3, -0.25) is 4.68 Å². The zero-order valence-corrected chi connectivity index (χ0v) is 13.2. The molecule has 6 nitrogen and oxygen atoms in total. The third kappa shape index (κ3) is 2.57. The molecule has 1 atom stereocenters. The quantitative estimate of drug-likeness (QED) is 0.925. The van der Waals surface area contributed by atoms with Crippen molar-refractivity contribution >= 4 is 0 Å². The number of likely N-dealkylation sites (tertiary alicyclic amines) is 1. The van der Waals surface area contributed by atoms with E-state index in [9.17, 15) is 0 Å². The van der Waals surface area contributed by atoms with Crippen LogP contribution in [0.2, 0.25) is 0 Å². The van der Waals surface area contributed by atoms with Gasteiger partial charge in [0, 0.05) is 38.1 Å². The molecule has 2 aromatic rings. The molecule has 22 heavy (non-hydrogen) atoms. The first-order valence-electron chi connectivity index (χ1n) is 8.30. The summed E-state index contributed by atoms with van der Waals surface area (Å²) in [6.07, 6.45) is 7.82. The molecule has 2 aromatic heterocycles. The summed E-state index contributed by atoms with van der Waals surface area (Å²) >= 11 is 0. The number of hydrogen-bond acceptors (Lipinski definition) is 4. The fraction of sp³-hybridized carbons (Fsp3) is 0.625. The molecule has 0 amide bonds. The largest absolute Gasteiger partial charge is 0.330 e. The highest BCUT2D eigenvalue weighted by molar-refractivity contribution is 5.50. The lowest BCUT2D eigenvalue weighted by molar-refractivity contribution is 0.286. The van der Waals surface area contributed by atoms with Crippen LogP contribution in [0.4, 0.5) is 0 Å². The van der Waals surface area contributed by atoms with Crippen LogP contribution in [0.5, 0.6) is 0 Å². The van der Waals surface area contributed by atoms with E-state index in [-0.39, 0.29) is 0 Å². The number of aryl methyl sites for hydroxylation is 1. The van der Waals surface area contributed by atoms with E-state index >= 15 is 0 Å². The molecule has 118 valence electrons. The molecule has 6 heteroatoms. The second-order valence-corrected chi connectivity index (χ2v) is 6.43. The van der Waals surface area contributed by atoms with Crippen LogP contribution < -0.4 is 5.32 Å². The summed E-state index contributed by atoms with van der Waals surface area (Å²) in [7, 11) is 2.24. The van der Waals surface area contributed by atoms with Gasteiger partial charge in [-0.05, 0) is 38.9 Å². The van der Waals surface area contributed by atoms with Gasteiger partial charge < -0.3 is 14.8 Å². The second kappa shape index (κ2) is 5.85. The molecule has 0 bridgehead atoms. The molecule has 0 spiro atoms. The first-order valence-corrected chi connectivity index (χ1v) is 8.30. The molecule has 4 heterocycles. The maximum atomic E-state index is 4.73. The molecule has 2 aliphatic rings. The van der Waals surface area contributed by atoms with Gasteiger partial charge in [-0.15, -0.1) is 0 Å². The lowest BCUT2D eigenvalue weighted by Crippen LogP contribution is -2.28. The Hall–Kier alpha value is -1.66. The van der Waals surface area contributed by atoms with Gasteiger partial charge in [0.1, 0.15) is 5.69 Å². The lowest BCUT2D eigenvalue weighted by atomic mass is 10.1. The summed E-state index contributed by atoms with van der Waals surface area (Å²) in [5.74, 6) is 1.00. The average molecular weight is 300 g/mol. The Morgan fingerprint density at radius 2 is 2.32 bits per heavy atom. The van der Waals surface area contributed by atoms with Crippen molar-refractivity contribution in [1.82, 2.24) is 29.5 Å². The van der Waals surface area contributed by atoms with Crippen LogP contribution in [-0.2, 0) is 19.6 Å². The van der Waals surface area contributed by atoms with Crippen molar-refractivity contribution in [2.75, 3.05) is 20.1 Å². The summed E-state index contributed by atoms with van der Waals surface area (Å²) in [4.78, 5) is 7.03. The molecule has 1 fully saturated rings. The third-order valence-electron chi connectivity index (χ3n) is 4.99. The van der Waals surface area contributed by atoms with Gasteiger partial charge in [0.2, 0.25) is 0 Å². The molecule has 0 radical (unpaired) electrons. The third-order valence-corrected chi connectivity index (χ3v) is 4.99. The number of hydrogen-bond donors (Lipinski definition) is 1. The highest BCUT2D eigenvalue weighted by atomic mass is 15.3. The molecule has 2 aliphatic heterocycles. The van der Waals surface area contributed by atoms with E-state index in [1.807, 2.05) is 6.20 Å². The number of nitrogens with zero attached hydrogens (tertiary/aromatic N) is 5. The fourth-order valence-corrected chi connectivity index (χ4v) is 3.66. The molecule has 1 saturated heterocycles. The second-order valence-electron chi connectivity index (χ2n) is 6.43. The van der Waals surface area contributed by atoms with Crippen molar-refractivity contribution in [2.24, 2.45) is 0 Å². The van der Waals surface area contributed by atoms with Crippen LogP contribution in [-0.4, -0.2) is 50.4 Å². The van der Waals surface area contributed by atoms with Gasteiger partial charge >= 0.3 is 0 Å². The smallest absolute Gasteiger partial charge is 0.160 e. The first-order chi connectivity index (χ1) is 10.8. The van der Waals surface area contributed by atoms with Gasteiger partial charge in [0.15, 0.2) is 5.82 Å². The van der Waals surface area contributed by atoms with Crippen molar-refractivity contribution < 1.29 is 0 Å². The monoisotopic (exact) mass is 300 g/mol. The Morgan fingerprint density at radius 3 is 3.14 bits per heavy atom. The number of nitrogens with one attached hydrogen (secondary N) is 1. The minimum absolute atomic E-state index is 0.717. The van der Waals surface area contributed by atoms with E-state index in [1.165, 1.54) is 31.5 Å². The van der Waals surface area contributed by atoms with Crippen LogP contribution in [0.3, 0.4) is 0 Å². The number of imidazole rings is 1. The van der Waals surface area contributed by atoms with E-state index in [0.717, 1.165) is 43.7 Å². The summed E-state index contributed by atoms with van der Waals surface area (Å²) in [6, 6.07) is 2.89. The molecule has 1 unspecified atom stereocenters. The van der Waals surface area contributed by atoms with Gasteiger partial charge in [-0.1, -0.05) is 0 Å². The normalized spacial score (nSPS) is 22.1. The Balaban J connectivity index is 1.51.